The van der Waals surface area contributed by atoms with Crippen LogP contribution in [-0.2, 0) is 4.79 Å². The van der Waals surface area contributed by atoms with E-state index in [1.54, 1.807) is 41.0 Å². The largest absolute Gasteiger partial charge is 0.368 e. The van der Waals surface area contributed by atoms with E-state index in [-0.39, 0.29) is 5.69 Å². The zero-order chi connectivity index (χ0) is 16.2. The van der Waals surface area contributed by atoms with Crippen LogP contribution in [0.1, 0.15) is 22.1 Å². The smallest absolute Gasteiger partial charge is 0.271 e. The summed E-state index contributed by atoms with van der Waals surface area (Å²) >= 11 is 2.95. The number of benzene rings is 1. The van der Waals surface area contributed by atoms with Crippen LogP contribution in [0.5, 0.6) is 0 Å². The summed E-state index contributed by atoms with van der Waals surface area (Å²) in [5.74, 6) is -1.03. The summed E-state index contributed by atoms with van der Waals surface area (Å²) in [6, 6.07) is 9.96. The number of nitrogens with one attached hydrogen (secondary N) is 1. The molecule has 0 fully saturated rings. The van der Waals surface area contributed by atoms with Crippen LogP contribution < -0.4 is 11.1 Å². The van der Waals surface area contributed by atoms with E-state index in [2.05, 4.69) is 10.3 Å². The highest BCUT2D eigenvalue weighted by molar-refractivity contribution is 7.14. The third-order valence-corrected chi connectivity index (χ3v) is 4.77. The summed E-state index contributed by atoms with van der Waals surface area (Å²) in [6.07, 6.45) is 0. The molecule has 0 bridgehead atoms. The Balaban J connectivity index is 1.79. The fraction of sp³-hybridized carbons (Fsp3) is 0.0625. The van der Waals surface area contributed by atoms with Crippen molar-refractivity contribution < 1.29 is 9.59 Å². The molecule has 5 nitrogen and oxygen atoms in total. The molecule has 2 aromatic heterocycles. The molecule has 2 heterocycles. The first-order valence-corrected chi connectivity index (χ1v) is 8.60. The molecule has 3 N–H and O–H groups in total. The highest BCUT2D eigenvalue weighted by atomic mass is 32.1. The Morgan fingerprint density at radius 2 is 1.91 bits per heavy atom. The number of rotatable bonds is 5. The molecule has 0 unspecified atom stereocenters. The van der Waals surface area contributed by atoms with Gasteiger partial charge in [-0.25, -0.2) is 4.98 Å². The Morgan fingerprint density at radius 1 is 1.13 bits per heavy atom. The molecule has 1 atom stereocenters. The number of carbonyl (C=O) groups is 2. The molecule has 0 radical (unpaired) electrons. The topological polar surface area (TPSA) is 85.1 Å². The molecule has 0 aliphatic heterocycles. The zero-order valence-electron chi connectivity index (χ0n) is 11.9. The van der Waals surface area contributed by atoms with E-state index in [1.807, 2.05) is 22.9 Å². The maximum Gasteiger partial charge on any atom is 0.271 e. The van der Waals surface area contributed by atoms with Crippen molar-refractivity contribution in [3.8, 4) is 10.6 Å². The van der Waals surface area contributed by atoms with Crippen molar-refractivity contribution in [2.75, 3.05) is 0 Å². The number of amides is 2. The van der Waals surface area contributed by atoms with Gasteiger partial charge in [0.25, 0.3) is 5.91 Å². The van der Waals surface area contributed by atoms with E-state index >= 15 is 0 Å². The first kappa shape index (κ1) is 15.4. The van der Waals surface area contributed by atoms with E-state index in [9.17, 15) is 9.59 Å². The van der Waals surface area contributed by atoms with Crippen LogP contribution in [0.4, 0.5) is 0 Å². The Hall–Kier alpha value is -2.51. The maximum atomic E-state index is 12.3. The fourth-order valence-electron chi connectivity index (χ4n) is 2.07. The van der Waals surface area contributed by atoms with E-state index < -0.39 is 17.9 Å². The van der Waals surface area contributed by atoms with Crippen molar-refractivity contribution in [2.24, 2.45) is 5.73 Å². The molecule has 0 saturated carbocycles. The second kappa shape index (κ2) is 6.72. The Kier molecular flexibility index (Phi) is 4.50. The molecule has 2 amide bonds. The lowest BCUT2D eigenvalue weighted by atomic mass is 10.1. The van der Waals surface area contributed by atoms with Gasteiger partial charge in [-0.3, -0.25) is 9.59 Å². The first-order valence-electron chi connectivity index (χ1n) is 6.78. The average molecular weight is 343 g/mol. The number of nitrogens with two attached hydrogens (primary N) is 1. The van der Waals surface area contributed by atoms with Crippen LogP contribution in [0.2, 0.25) is 0 Å². The molecule has 116 valence electrons. The molecule has 0 spiro atoms. The molecule has 7 heteroatoms. The number of hydrogen-bond donors (Lipinski definition) is 2. The number of thiazole rings is 1. The van der Waals surface area contributed by atoms with Gasteiger partial charge in [-0.05, 0) is 17.0 Å². The number of aromatic nitrogens is 1. The van der Waals surface area contributed by atoms with Gasteiger partial charge in [-0.1, -0.05) is 30.3 Å². The normalized spacial score (nSPS) is 11.8. The number of thiophene rings is 1. The Bertz CT molecular complexity index is 813. The second-order valence-corrected chi connectivity index (χ2v) is 6.41. The molecule has 0 aliphatic carbocycles. The molecule has 23 heavy (non-hydrogen) atoms. The van der Waals surface area contributed by atoms with Gasteiger partial charge in [-0.15, -0.1) is 11.3 Å². The Labute approximate surface area is 140 Å². The number of nitrogens with zero attached hydrogens (tertiary/aromatic N) is 1. The SMILES string of the molecule is NC(=O)[C@@H](NC(=O)c1csc(-c2ccsc2)n1)c1ccccc1. The van der Waals surface area contributed by atoms with Gasteiger partial charge in [0, 0.05) is 16.3 Å². The van der Waals surface area contributed by atoms with Gasteiger partial charge < -0.3 is 11.1 Å². The minimum atomic E-state index is -0.880. The molecule has 0 saturated heterocycles. The lowest BCUT2D eigenvalue weighted by Gasteiger charge is -2.14. The monoisotopic (exact) mass is 343 g/mol. The van der Waals surface area contributed by atoms with Gasteiger partial charge in [0.1, 0.15) is 16.7 Å². The van der Waals surface area contributed by atoms with Crippen molar-refractivity contribution in [3.05, 3.63) is 63.8 Å². The van der Waals surface area contributed by atoms with E-state index in [1.165, 1.54) is 11.3 Å². The number of primary amides is 1. The molecule has 1 aromatic carbocycles. The highest BCUT2D eigenvalue weighted by Crippen LogP contribution is 2.26. The highest BCUT2D eigenvalue weighted by Gasteiger charge is 2.22. The molecule has 3 rings (SSSR count). The van der Waals surface area contributed by atoms with E-state index in [0.717, 1.165) is 10.6 Å². The van der Waals surface area contributed by atoms with Crippen LogP contribution >= 0.6 is 22.7 Å². The molecule has 0 aliphatic rings. The summed E-state index contributed by atoms with van der Waals surface area (Å²) in [5, 5.41) is 9.01. The van der Waals surface area contributed by atoms with Crippen molar-refractivity contribution >= 4 is 34.5 Å². The average Bonchev–Trinajstić information content (AvgIpc) is 3.23. The first-order chi connectivity index (χ1) is 11.1. The van der Waals surface area contributed by atoms with Gasteiger partial charge >= 0.3 is 0 Å². The van der Waals surface area contributed by atoms with Gasteiger partial charge in [0.05, 0.1) is 0 Å². The fourth-order valence-corrected chi connectivity index (χ4v) is 3.58. The quantitative estimate of drug-likeness (QED) is 0.747. The Morgan fingerprint density at radius 3 is 2.57 bits per heavy atom. The van der Waals surface area contributed by atoms with Crippen molar-refractivity contribution in [2.45, 2.75) is 6.04 Å². The lowest BCUT2D eigenvalue weighted by molar-refractivity contribution is -0.120. The predicted molar refractivity (Wildman–Crippen MR) is 91.3 cm³/mol. The molecular formula is C16H13N3O2S2. The van der Waals surface area contributed by atoms with Crippen LogP contribution in [-0.4, -0.2) is 16.8 Å². The van der Waals surface area contributed by atoms with Gasteiger partial charge in [0.15, 0.2) is 0 Å². The molecule has 3 aromatic rings. The third kappa shape index (κ3) is 3.46. The summed E-state index contributed by atoms with van der Waals surface area (Å²) in [4.78, 5) is 28.3. The van der Waals surface area contributed by atoms with Crippen molar-refractivity contribution in [1.82, 2.24) is 10.3 Å². The summed E-state index contributed by atoms with van der Waals surface area (Å²) < 4.78 is 0. The standard InChI is InChI=1S/C16H13N3O2S2/c17-14(20)13(10-4-2-1-3-5-10)19-15(21)12-9-23-16(18-12)11-6-7-22-8-11/h1-9,13H,(H2,17,20)(H,19,21)/t13-/m0/s1. The van der Waals surface area contributed by atoms with Gasteiger partial charge in [-0.2, -0.15) is 11.3 Å². The summed E-state index contributed by atoms with van der Waals surface area (Å²) in [7, 11) is 0. The molecular weight excluding hydrogens is 330 g/mol. The number of carbonyl (C=O) groups excluding carboxylic acids is 2. The van der Waals surface area contributed by atoms with Crippen LogP contribution in [0.15, 0.2) is 52.5 Å². The van der Waals surface area contributed by atoms with Gasteiger partial charge in [0.2, 0.25) is 5.91 Å². The third-order valence-electron chi connectivity index (χ3n) is 3.20. The van der Waals surface area contributed by atoms with Crippen LogP contribution in [0.3, 0.4) is 0 Å². The minimum absolute atomic E-state index is 0.276. The van der Waals surface area contributed by atoms with E-state index in [4.69, 9.17) is 5.73 Å². The number of hydrogen-bond acceptors (Lipinski definition) is 5. The van der Waals surface area contributed by atoms with Crippen molar-refractivity contribution in [3.63, 3.8) is 0 Å². The maximum absolute atomic E-state index is 12.3. The minimum Gasteiger partial charge on any atom is -0.368 e. The van der Waals surface area contributed by atoms with Crippen molar-refractivity contribution in [1.29, 1.82) is 0 Å². The van der Waals surface area contributed by atoms with E-state index in [0.29, 0.717) is 5.56 Å². The predicted octanol–water partition coefficient (Wildman–Crippen LogP) is 2.83. The summed E-state index contributed by atoms with van der Waals surface area (Å²) in [5.41, 5.74) is 7.30. The lowest BCUT2D eigenvalue weighted by Crippen LogP contribution is -2.37. The second-order valence-electron chi connectivity index (χ2n) is 4.77. The van der Waals surface area contributed by atoms with Crippen LogP contribution in [0, 0.1) is 0 Å². The van der Waals surface area contributed by atoms with Crippen LogP contribution in [0.25, 0.3) is 10.6 Å². The zero-order valence-corrected chi connectivity index (χ0v) is 13.6. The summed E-state index contributed by atoms with van der Waals surface area (Å²) in [6.45, 7) is 0.